The summed E-state index contributed by atoms with van der Waals surface area (Å²) in [6.07, 6.45) is 2.80. The molecule has 0 aliphatic rings. The lowest BCUT2D eigenvalue weighted by atomic mass is 9.97. The normalized spacial score (nSPS) is 14.0. The Morgan fingerprint density at radius 3 is 2.09 bits per heavy atom. The van der Waals surface area contributed by atoms with Crippen LogP contribution in [0.15, 0.2) is 0 Å². The molecule has 0 aromatic carbocycles. The van der Waals surface area contributed by atoms with Crippen molar-refractivity contribution in [3.63, 3.8) is 0 Å². The number of primary amides is 1. The number of rotatable bonds is 9. The molecule has 0 spiro atoms. The third-order valence-electron chi connectivity index (χ3n) is 3.48. The van der Waals surface area contributed by atoms with Crippen LogP contribution in [-0.4, -0.2) is 70.0 Å². The van der Waals surface area contributed by atoms with Crippen molar-refractivity contribution in [2.24, 2.45) is 5.73 Å². The molecule has 0 heterocycles. The number of hydrogen-bond acceptors (Lipinski definition) is 5. The number of carbonyl (C=O) groups excluding carboxylic acids is 3. The molecule has 0 aliphatic heterocycles. The summed E-state index contributed by atoms with van der Waals surface area (Å²) in [5.41, 5.74) is 4.23. The fourth-order valence-electron chi connectivity index (χ4n) is 2.17. The molecular weight excluding hydrogens is 318 g/mol. The smallest absolute Gasteiger partial charge is 0.256 e. The zero-order valence-electron chi connectivity index (χ0n) is 14.8. The van der Waals surface area contributed by atoms with E-state index in [9.17, 15) is 19.5 Å². The second kappa shape index (κ2) is 9.12. The zero-order chi connectivity index (χ0) is 18.4. The number of nitrogens with two attached hydrogens (primary N) is 1. The summed E-state index contributed by atoms with van der Waals surface area (Å²) in [7, 11) is 3.03. The van der Waals surface area contributed by atoms with Gasteiger partial charge < -0.3 is 20.6 Å². The number of amides is 3. The molecule has 23 heavy (non-hydrogen) atoms. The van der Waals surface area contributed by atoms with Gasteiger partial charge in [0, 0.05) is 26.9 Å². The lowest BCUT2D eigenvalue weighted by Gasteiger charge is -2.34. The van der Waals surface area contributed by atoms with E-state index in [-0.39, 0.29) is 12.3 Å². The Morgan fingerprint density at radius 1 is 1.22 bits per heavy atom. The van der Waals surface area contributed by atoms with E-state index in [0.29, 0.717) is 12.8 Å². The van der Waals surface area contributed by atoms with Crippen LogP contribution in [0, 0.1) is 0 Å². The molecular formula is C15H29N3O4S. The van der Waals surface area contributed by atoms with Crippen molar-refractivity contribution >= 4 is 29.5 Å². The van der Waals surface area contributed by atoms with E-state index in [4.69, 9.17) is 5.73 Å². The maximum absolute atomic E-state index is 12.7. The molecule has 0 aliphatic carbocycles. The van der Waals surface area contributed by atoms with Crippen LogP contribution in [0.25, 0.3) is 0 Å². The van der Waals surface area contributed by atoms with Gasteiger partial charge in [0.25, 0.3) is 5.91 Å². The molecule has 3 amide bonds. The summed E-state index contributed by atoms with van der Waals surface area (Å²) in [5.74, 6) is -1.21. The van der Waals surface area contributed by atoms with Gasteiger partial charge in [0.05, 0.1) is 5.60 Å². The average molecular weight is 347 g/mol. The quantitative estimate of drug-likeness (QED) is 0.588. The van der Waals surface area contributed by atoms with E-state index in [1.165, 1.54) is 28.6 Å². The molecule has 0 rings (SSSR count). The molecule has 0 bridgehead atoms. The Balaban J connectivity index is 5.26. The molecule has 0 aromatic heterocycles. The van der Waals surface area contributed by atoms with Crippen molar-refractivity contribution in [1.82, 2.24) is 9.80 Å². The number of carbonyl (C=O) groups is 3. The first kappa shape index (κ1) is 21.7. The van der Waals surface area contributed by atoms with Gasteiger partial charge in [-0.2, -0.15) is 0 Å². The average Bonchev–Trinajstić information content (AvgIpc) is 2.43. The second-order valence-corrected chi connectivity index (χ2v) is 7.14. The van der Waals surface area contributed by atoms with Crippen molar-refractivity contribution < 1.29 is 19.5 Å². The fraction of sp³-hybridized carbons (Fsp3) is 0.800. The van der Waals surface area contributed by atoms with Crippen LogP contribution >= 0.6 is 11.8 Å². The largest absolute Gasteiger partial charge is 0.390 e. The van der Waals surface area contributed by atoms with Crippen molar-refractivity contribution in [3.8, 4) is 0 Å². The fourth-order valence-corrected chi connectivity index (χ4v) is 2.98. The van der Waals surface area contributed by atoms with E-state index in [2.05, 4.69) is 0 Å². The Labute approximate surface area is 142 Å². The van der Waals surface area contributed by atoms with Crippen LogP contribution in [0.3, 0.4) is 0 Å². The van der Waals surface area contributed by atoms with E-state index in [1.807, 2.05) is 6.92 Å². The minimum atomic E-state index is -1.15. The molecule has 3 N–H and O–H groups in total. The SMILES string of the molecule is CCCC(=O)N(C)[C@@H](SC)C(=O)N(C)[C@@H](CC(C)(C)O)C(N)=O. The van der Waals surface area contributed by atoms with Gasteiger partial charge in [0.1, 0.15) is 6.04 Å². The van der Waals surface area contributed by atoms with E-state index in [0.717, 1.165) is 0 Å². The highest BCUT2D eigenvalue weighted by Gasteiger charge is 2.35. The summed E-state index contributed by atoms with van der Waals surface area (Å²) < 4.78 is 0. The van der Waals surface area contributed by atoms with Crippen LogP contribution in [0.4, 0.5) is 0 Å². The van der Waals surface area contributed by atoms with Crippen molar-refractivity contribution in [2.45, 2.75) is 57.1 Å². The first-order chi connectivity index (χ1) is 10.5. The second-order valence-electron chi connectivity index (χ2n) is 6.23. The number of likely N-dealkylation sites (N-methyl/N-ethyl adjacent to an activating group) is 2. The number of hydrogen-bond donors (Lipinski definition) is 2. The first-order valence-electron chi connectivity index (χ1n) is 7.53. The third-order valence-corrected chi connectivity index (χ3v) is 4.44. The molecule has 0 fully saturated rings. The zero-order valence-corrected chi connectivity index (χ0v) is 15.6. The summed E-state index contributed by atoms with van der Waals surface area (Å²) in [4.78, 5) is 39.0. The minimum absolute atomic E-state index is 0.0261. The van der Waals surface area contributed by atoms with Gasteiger partial charge in [-0.3, -0.25) is 14.4 Å². The molecule has 0 unspecified atom stereocenters. The maximum atomic E-state index is 12.7. The highest BCUT2D eigenvalue weighted by Crippen LogP contribution is 2.20. The van der Waals surface area contributed by atoms with Gasteiger partial charge in [-0.25, -0.2) is 0 Å². The van der Waals surface area contributed by atoms with Gasteiger partial charge in [-0.05, 0) is 26.5 Å². The molecule has 134 valence electrons. The highest BCUT2D eigenvalue weighted by molar-refractivity contribution is 7.99. The van der Waals surface area contributed by atoms with Gasteiger partial charge in [-0.15, -0.1) is 11.8 Å². The monoisotopic (exact) mass is 347 g/mol. The summed E-state index contributed by atoms with van der Waals surface area (Å²) >= 11 is 1.22. The number of aliphatic hydroxyl groups is 1. The van der Waals surface area contributed by atoms with Crippen molar-refractivity contribution in [3.05, 3.63) is 0 Å². The number of nitrogens with zero attached hydrogens (tertiary/aromatic N) is 2. The van der Waals surface area contributed by atoms with Crippen molar-refractivity contribution in [1.29, 1.82) is 0 Å². The van der Waals surface area contributed by atoms with Crippen LogP contribution in [0.1, 0.15) is 40.0 Å². The lowest BCUT2D eigenvalue weighted by Crippen LogP contribution is -2.54. The first-order valence-corrected chi connectivity index (χ1v) is 8.81. The number of thioether (sulfide) groups is 1. The summed E-state index contributed by atoms with van der Waals surface area (Å²) in [5, 5.41) is 9.18. The van der Waals surface area contributed by atoms with E-state index < -0.39 is 28.8 Å². The highest BCUT2D eigenvalue weighted by atomic mass is 32.2. The summed E-state index contributed by atoms with van der Waals surface area (Å²) in [6.45, 7) is 4.98. The van der Waals surface area contributed by atoms with Gasteiger partial charge >= 0.3 is 0 Å². The molecule has 2 atom stereocenters. The molecule has 0 aromatic rings. The molecule has 0 saturated heterocycles. The van der Waals surface area contributed by atoms with Crippen LogP contribution < -0.4 is 5.73 Å². The van der Waals surface area contributed by atoms with Gasteiger partial charge in [0.15, 0.2) is 5.37 Å². The van der Waals surface area contributed by atoms with Gasteiger partial charge in [0.2, 0.25) is 11.8 Å². The van der Waals surface area contributed by atoms with E-state index in [1.54, 1.807) is 27.2 Å². The van der Waals surface area contributed by atoms with E-state index >= 15 is 0 Å². The van der Waals surface area contributed by atoms with Crippen molar-refractivity contribution in [2.75, 3.05) is 20.4 Å². The molecule has 7 nitrogen and oxygen atoms in total. The Hall–Kier alpha value is -1.28. The predicted octanol–water partition coefficient (Wildman–Crippen LogP) is 0.407. The minimum Gasteiger partial charge on any atom is -0.390 e. The van der Waals surface area contributed by atoms with Gasteiger partial charge in [-0.1, -0.05) is 6.92 Å². The molecule has 8 heteroatoms. The van der Waals surface area contributed by atoms with Crippen LogP contribution in [0.5, 0.6) is 0 Å². The molecule has 0 saturated carbocycles. The standard InChI is InChI=1S/C15H29N3O4S/c1-7-8-11(19)18(5)14(23-6)13(21)17(4)10(12(16)20)9-15(2,3)22/h10,14,22H,7-9H2,1-6H3,(H2,16,20)/t10-,14-/m0/s1. The topological polar surface area (TPSA) is 104 Å². The maximum Gasteiger partial charge on any atom is 0.256 e. The molecule has 0 radical (unpaired) electrons. The lowest BCUT2D eigenvalue weighted by molar-refractivity contribution is -0.145. The third kappa shape index (κ3) is 6.78. The van der Waals surface area contributed by atoms with Crippen LogP contribution in [0.2, 0.25) is 0 Å². The van der Waals surface area contributed by atoms with Crippen LogP contribution in [-0.2, 0) is 14.4 Å². The Morgan fingerprint density at radius 2 is 1.74 bits per heavy atom. The predicted molar refractivity (Wildman–Crippen MR) is 91.6 cm³/mol. The Bertz CT molecular complexity index is 437. The Kier molecular flexibility index (Phi) is 8.61. The summed E-state index contributed by atoms with van der Waals surface area (Å²) in [6, 6.07) is -0.938.